The summed E-state index contributed by atoms with van der Waals surface area (Å²) in [6.45, 7) is -0.937. The predicted octanol–water partition coefficient (Wildman–Crippen LogP) is 1.76. The fraction of sp³-hybridized carbons (Fsp3) is 1.00. The Kier molecular flexibility index (Phi) is 3.27. The van der Waals surface area contributed by atoms with Crippen LogP contribution in [0.2, 0.25) is 0 Å². The van der Waals surface area contributed by atoms with Crippen molar-refractivity contribution in [1.29, 1.82) is 0 Å². The number of hydrogen-bond donors (Lipinski definition) is 0. The van der Waals surface area contributed by atoms with Crippen LogP contribution in [-0.2, 0) is 10.5 Å². The Morgan fingerprint density at radius 1 is 1.67 bits per heavy atom. The average molecular weight is 182 g/mol. The van der Waals surface area contributed by atoms with E-state index in [0.717, 1.165) is 0 Å². The summed E-state index contributed by atoms with van der Waals surface area (Å²) >= 11 is 4.56. The van der Waals surface area contributed by atoms with Gasteiger partial charge in [0.05, 0.1) is 6.54 Å². The van der Waals surface area contributed by atoms with Crippen LogP contribution in [0.15, 0.2) is 4.36 Å². The number of halogens is 4. The average Bonchev–Trinajstić information content (AvgIpc) is 1.59. The minimum absolute atomic E-state index is 0.937. The van der Waals surface area contributed by atoms with E-state index >= 15 is 0 Å². The summed E-state index contributed by atoms with van der Waals surface area (Å²) in [5, 5.41) is 0. The zero-order valence-electron chi connectivity index (χ0n) is 4.06. The second-order valence-corrected chi connectivity index (χ2v) is 2.63. The smallest absolute Gasteiger partial charge is 0.228 e. The number of hydrogen-bond acceptors (Lipinski definition) is 2. The van der Waals surface area contributed by atoms with Gasteiger partial charge >= 0.3 is 10.5 Å². The maximum atomic E-state index is 11.4. The standard InChI is InChI=1S/C2H3ClF3NOS/c3-2(4)1-7-9(5,6)8/h2H,1H2. The molecule has 1 unspecified atom stereocenters. The number of nitrogens with zero attached hydrogens (tertiary/aromatic N) is 1. The van der Waals surface area contributed by atoms with E-state index in [4.69, 9.17) is 0 Å². The lowest BCUT2D eigenvalue weighted by atomic mass is 10.8. The topological polar surface area (TPSA) is 29.4 Å². The van der Waals surface area contributed by atoms with Gasteiger partial charge in [0.25, 0.3) is 0 Å². The molecule has 56 valence electrons. The van der Waals surface area contributed by atoms with E-state index in [1.54, 1.807) is 0 Å². The first-order chi connectivity index (χ1) is 3.92. The van der Waals surface area contributed by atoms with Crippen molar-refractivity contribution in [1.82, 2.24) is 0 Å². The van der Waals surface area contributed by atoms with Crippen molar-refractivity contribution in [3.8, 4) is 0 Å². The number of rotatable bonds is 2. The SMILES string of the molecule is O=S(F)(F)=NCC(F)Cl. The van der Waals surface area contributed by atoms with E-state index in [-0.39, 0.29) is 0 Å². The second-order valence-electron chi connectivity index (χ2n) is 1.10. The summed E-state index contributed by atoms with van der Waals surface area (Å²) in [6, 6.07) is 0. The summed E-state index contributed by atoms with van der Waals surface area (Å²) in [4.78, 5) is 0. The Balaban J connectivity index is 3.87. The van der Waals surface area contributed by atoms with Gasteiger partial charge in [0.15, 0.2) is 5.63 Å². The van der Waals surface area contributed by atoms with Gasteiger partial charge in [0.2, 0.25) is 0 Å². The van der Waals surface area contributed by atoms with Crippen molar-refractivity contribution >= 4 is 22.1 Å². The van der Waals surface area contributed by atoms with Crippen LogP contribution in [0.5, 0.6) is 0 Å². The molecule has 0 aromatic carbocycles. The van der Waals surface area contributed by atoms with E-state index < -0.39 is 22.7 Å². The Morgan fingerprint density at radius 2 is 2.11 bits per heavy atom. The van der Waals surface area contributed by atoms with Gasteiger partial charge in [-0.3, -0.25) is 0 Å². The first-order valence-corrected chi connectivity index (χ1v) is 3.57. The Hall–Kier alpha value is 0.0300. The molecule has 0 aliphatic carbocycles. The predicted molar refractivity (Wildman–Crippen MR) is 28.4 cm³/mol. The van der Waals surface area contributed by atoms with E-state index in [2.05, 4.69) is 16.0 Å². The summed E-state index contributed by atoms with van der Waals surface area (Å²) in [7, 11) is -5.17. The largest absolute Gasteiger partial charge is 0.367 e. The van der Waals surface area contributed by atoms with Gasteiger partial charge in [-0.05, 0) is 0 Å². The maximum absolute atomic E-state index is 11.4. The molecule has 0 aromatic rings. The van der Waals surface area contributed by atoms with E-state index in [1.807, 2.05) is 0 Å². The Morgan fingerprint density at radius 3 is 2.22 bits per heavy atom. The van der Waals surface area contributed by atoms with Gasteiger partial charge in [-0.2, -0.15) is 8.57 Å². The highest BCUT2D eigenvalue weighted by Crippen LogP contribution is 2.03. The highest BCUT2D eigenvalue weighted by molar-refractivity contribution is 7.83. The monoisotopic (exact) mass is 181 g/mol. The summed E-state index contributed by atoms with van der Waals surface area (Å²) in [6.07, 6.45) is 0. The van der Waals surface area contributed by atoms with Crippen LogP contribution < -0.4 is 0 Å². The molecule has 0 bridgehead atoms. The highest BCUT2D eigenvalue weighted by Gasteiger charge is 2.03. The fourth-order valence-corrected chi connectivity index (χ4v) is 0.598. The second kappa shape index (κ2) is 3.26. The highest BCUT2D eigenvalue weighted by atomic mass is 35.5. The molecule has 9 heavy (non-hydrogen) atoms. The zero-order chi connectivity index (χ0) is 7.49. The summed E-state index contributed by atoms with van der Waals surface area (Å²) in [5.41, 5.74) is -1.99. The van der Waals surface area contributed by atoms with Gasteiger partial charge < -0.3 is 0 Å². The molecule has 0 aliphatic heterocycles. The normalized spacial score (nSPS) is 15.1. The van der Waals surface area contributed by atoms with Crippen LogP contribution in [0, 0.1) is 0 Å². The van der Waals surface area contributed by atoms with Gasteiger partial charge in [-0.1, -0.05) is 19.4 Å². The first kappa shape index (κ1) is 9.03. The lowest BCUT2D eigenvalue weighted by molar-refractivity contribution is 0.450. The molecule has 0 aliphatic rings. The molecule has 0 heterocycles. The number of alkyl halides is 2. The lowest BCUT2D eigenvalue weighted by Gasteiger charge is -1.88. The molecule has 0 amide bonds. The zero-order valence-corrected chi connectivity index (χ0v) is 5.63. The van der Waals surface area contributed by atoms with Crippen molar-refractivity contribution < 1.29 is 16.4 Å². The maximum Gasteiger partial charge on any atom is 0.367 e. The quantitative estimate of drug-likeness (QED) is 0.472. The van der Waals surface area contributed by atoms with Crippen molar-refractivity contribution in [2.75, 3.05) is 6.54 Å². The van der Waals surface area contributed by atoms with Crippen LogP contribution in [0.1, 0.15) is 0 Å². The van der Waals surface area contributed by atoms with Crippen LogP contribution in [0.25, 0.3) is 0 Å². The molecule has 0 saturated heterocycles. The minimum Gasteiger partial charge on any atom is -0.228 e. The lowest BCUT2D eigenvalue weighted by Crippen LogP contribution is -1.94. The third-order valence-corrected chi connectivity index (χ3v) is 0.951. The molecule has 0 aromatic heterocycles. The van der Waals surface area contributed by atoms with Crippen LogP contribution >= 0.6 is 11.6 Å². The van der Waals surface area contributed by atoms with Crippen molar-refractivity contribution in [2.45, 2.75) is 5.63 Å². The molecule has 0 fully saturated rings. The third-order valence-electron chi connectivity index (χ3n) is 0.363. The Bertz CT molecular complexity index is 178. The molecule has 7 heteroatoms. The van der Waals surface area contributed by atoms with Crippen LogP contribution in [-0.4, -0.2) is 16.4 Å². The molecule has 0 spiro atoms. The van der Waals surface area contributed by atoms with Gasteiger partial charge in [0.1, 0.15) is 0 Å². The molecule has 0 saturated carbocycles. The van der Waals surface area contributed by atoms with Crippen molar-refractivity contribution in [2.24, 2.45) is 4.36 Å². The van der Waals surface area contributed by atoms with E-state index in [0.29, 0.717) is 0 Å². The summed E-state index contributed by atoms with van der Waals surface area (Å²) < 4.78 is 45.4. The van der Waals surface area contributed by atoms with Crippen molar-refractivity contribution in [3.05, 3.63) is 0 Å². The van der Waals surface area contributed by atoms with E-state index in [9.17, 15) is 16.4 Å². The van der Waals surface area contributed by atoms with Crippen LogP contribution in [0.3, 0.4) is 0 Å². The van der Waals surface area contributed by atoms with Crippen molar-refractivity contribution in [3.63, 3.8) is 0 Å². The van der Waals surface area contributed by atoms with E-state index in [1.165, 1.54) is 0 Å². The molecule has 0 rings (SSSR count). The van der Waals surface area contributed by atoms with Gasteiger partial charge in [-0.25, -0.2) is 4.39 Å². The first-order valence-electron chi connectivity index (χ1n) is 1.82. The molecular formula is C2H3ClF3NOS. The molecule has 0 N–H and O–H groups in total. The fourth-order valence-electron chi connectivity index (χ4n) is 0.143. The molecule has 1 atom stereocenters. The molecule has 2 nitrogen and oxygen atoms in total. The third kappa shape index (κ3) is 8.03. The molecule has 0 radical (unpaired) electrons. The summed E-state index contributed by atoms with van der Waals surface area (Å²) in [5.74, 6) is 0. The van der Waals surface area contributed by atoms with Gasteiger partial charge in [0, 0.05) is 0 Å². The van der Waals surface area contributed by atoms with Gasteiger partial charge in [-0.15, -0.1) is 0 Å². The Labute approximate surface area is 55.8 Å². The van der Waals surface area contributed by atoms with Crippen LogP contribution in [0.4, 0.5) is 12.2 Å². The molecular weight excluding hydrogens is 179 g/mol. The minimum atomic E-state index is -5.17.